The summed E-state index contributed by atoms with van der Waals surface area (Å²) in [6.45, 7) is 8.06. The minimum absolute atomic E-state index is 0.0253. The Balaban J connectivity index is 2.98. The number of aromatic nitrogens is 2. The van der Waals surface area contributed by atoms with E-state index in [1.807, 2.05) is 20.8 Å². The molecule has 1 N–H and O–H groups in total. The molecular formula is C16H27N3O2S. The van der Waals surface area contributed by atoms with E-state index < -0.39 is 0 Å². The Hall–Kier alpha value is -1.30. The molecule has 0 spiro atoms. The first-order valence-corrected chi connectivity index (χ1v) is 8.84. The van der Waals surface area contributed by atoms with Gasteiger partial charge in [-0.15, -0.1) is 0 Å². The van der Waals surface area contributed by atoms with Crippen molar-refractivity contribution in [2.75, 3.05) is 0 Å². The van der Waals surface area contributed by atoms with E-state index in [0.29, 0.717) is 11.6 Å². The van der Waals surface area contributed by atoms with Crippen molar-refractivity contribution in [1.82, 2.24) is 14.9 Å². The molecule has 0 aliphatic rings. The third kappa shape index (κ3) is 5.16. The quantitative estimate of drug-likeness (QED) is 0.589. The molecule has 5 nitrogen and oxygen atoms in total. The van der Waals surface area contributed by atoms with Crippen molar-refractivity contribution in [2.45, 2.75) is 69.8 Å². The van der Waals surface area contributed by atoms with E-state index >= 15 is 0 Å². The number of thioether (sulfide) groups is 1. The van der Waals surface area contributed by atoms with Crippen molar-refractivity contribution in [3.63, 3.8) is 0 Å². The molecule has 1 heterocycles. The van der Waals surface area contributed by atoms with Crippen molar-refractivity contribution in [1.29, 1.82) is 0 Å². The molecule has 0 fully saturated rings. The van der Waals surface area contributed by atoms with Crippen molar-refractivity contribution in [3.05, 3.63) is 22.1 Å². The van der Waals surface area contributed by atoms with Crippen LogP contribution in [0.2, 0.25) is 0 Å². The molecule has 1 amide bonds. The van der Waals surface area contributed by atoms with Gasteiger partial charge in [-0.3, -0.25) is 14.2 Å². The average molecular weight is 325 g/mol. The molecule has 2 unspecified atom stereocenters. The minimum Gasteiger partial charge on any atom is -0.353 e. The first-order valence-electron chi connectivity index (χ1n) is 7.96. The lowest BCUT2D eigenvalue weighted by atomic mass is 10.2. The molecule has 0 radical (unpaired) electrons. The summed E-state index contributed by atoms with van der Waals surface area (Å²) in [7, 11) is 1.70. The highest BCUT2D eigenvalue weighted by atomic mass is 32.2. The molecule has 124 valence electrons. The van der Waals surface area contributed by atoms with Crippen LogP contribution in [0.15, 0.2) is 16.0 Å². The van der Waals surface area contributed by atoms with Gasteiger partial charge in [0.15, 0.2) is 5.16 Å². The predicted octanol–water partition coefficient (Wildman–Crippen LogP) is 2.52. The number of rotatable bonds is 8. The van der Waals surface area contributed by atoms with Crippen LogP contribution < -0.4 is 10.9 Å². The molecule has 0 aliphatic carbocycles. The van der Waals surface area contributed by atoms with E-state index in [1.54, 1.807) is 13.1 Å². The van der Waals surface area contributed by atoms with Crippen LogP contribution in [-0.4, -0.2) is 26.8 Å². The van der Waals surface area contributed by atoms with Gasteiger partial charge in [-0.2, -0.15) is 0 Å². The van der Waals surface area contributed by atoms with Gasteiger partial charge in [0, 0.05) is 24.8 Å². The molecule has 0 aromatic carbocycles. The maximum atomic E-state index is 12.4. The maximum Gasteiger partial charge on any atom is 0.254 e. The highest BCUT2D eigenvalue weighted by molar-refractivity contribution is 8.00. The second-order valence-electron chi connectivity index (χ2n) is 5.49. The zero-order valence-corrected chi connectivity index (χ0v) is 15.0. The summed E-state index contributed by atoms with van der Waals surface area (Å²) >= 11 is 1.38. The van der Waals surface area contributed by atoms with E-state index in [4.69, 9.17) is 0 Å². The average Bonchev–Trinajstić information content (AvgIpc) is 2.50. The van der Waals surface area contributed by atoms with E-state index in [0.717, 1.165) is 25.0 Å². The third-order valence-electron chi connectivity index (χ3n) is 3.60. The molecule has 0 saturated heterocycles. The highest BCUT2D eigenvalue weighted by Crippen LogP contribution is 2.24. The van der Waals surface area contributed by atoms with Crippen LogP contribution in [0.1, 0.15) is 52.7 Å². The van der Waals surface area contributed by atoms with Crippen molar-refractivity contribution in [2.24, 2.45) is 7.05 Å². The Labute approximate surface area is 136 Å². The van der Waals surface area contributed by atoms with E-state index in [1.165, 1.54) is 16.3 Å². The topological polar surface area (TPSA) is 64.0 Å². The van der Waals surface area contributed by atoms with Gasteiger partial charge in [0.2, 0.25) is 5.91 Å². The first kappa shape index (κ1) is 18.7. The Kier molecular flexibility index (Phi) is 7.65. The summed E-state index contributed by atoms with van der Waals surface area (Å²) in [6, 6.07) is 1.71. The fourth-order valence-corrected chi connectivity index (χ4v) is 3.12. The summed E-state index contributed by atoms with van der Waals surface area (Å²) in [6.07, 6.45) is 3.28. The van der Waals surface area contributed by atoms with E-state index in [2.05, 4.69) is 17.2 Å². The van der Waals surface area contributed by atoms with Crippen LogP contribution in [0.3, 0.4) is 0 Å². The Morgan fingerprint density at radius 1 is 1.41 bits per heavy atom. The zero-order valence-electron chi connectivity index (χ0n) is 14.2. The number of carbonyl (C=O) groups excluding carboxylic acids is 1. The second kappa shape index (κ2) is 8.98. The smallest absolute Gasteiger partial charge is 0.254 e. The summed E-state index contributed by atoms with van der Waals surface area (Å²) in [4.78, 5) is 28.9. The summed E-state index contributed by atoms with van der Waals surface area (Å²) in [5.41, 5.74) is 0.690. The number of amides is 1. The molecule has 22 heavy (non-hydrogen) atoms. The number of hydrogen-bond donors (Lipinski definition) is 1. The van der Waals surface area contributed by atoms with Crippen LogP contribution >= 0.6 is 11.8 Å². The predicted molar refractivity (Wildman–Crippen MR) is 91.3 cm³/mol. The van der Waals surface area contributed by atoms with Gasteiger partial charge in [0.1, 0.15) is 0 Å². The number of hydrogen-bond acceptors (Lipinski definition) is 4. The van der Waals surface area contributed by atoms with Crippen molar-refractivity contribution in [3.8, 4) is 0 Å². The fourth-order valence-electron chi connectivity index (χ4n) is 1.92. The fraction of sp³-hybridized carbons (Fsp3) is 0.688. The maximum absolute atomic E-state index is 12.4. The lowest BCUT2D eigenvalue weighted by Gasteiger charge is -2.19. The van der Waals surface area contributed by atoms with Crippen LogP contribution in [0, 0.1) is 0 Å². The van der Waals surface area contributed by atoms with Crippen LogP contribution in [0.4, 0.5) is 0 Å². The first-order chi connectivity index (χ1) is 10.4. The van der Waals surface area contributed by atoms with Crippen LogP contribution in [-0.2, 0) is 18.3 Å². The second-order valence-corrected chi connectivity index (χ2v) is 6.66. The molecule has 2 atom stereocenters. The molecule has 1 aromatic heterocycles. The summed E-state index contributed by atoms with van der Waals surface area (Å²) < 4.78 is 1.52. The van der Waals surface area contributed by atoms with Gasteiger partial charge in [-0.25, -0.2) is 4.98 Å². The zero-order chi connectivity index (χ0) is 16.7. The number of nitrogens with one attached hydrogen (secondary N) is 1. The van der Waals surface area contributed by atoms with Gasteiger partial charge >= 0.3 is 0 Å². The molecule has 1 rings (SSSR count). The van der Waals surface area contributed by atoms with Gasteiger partial charge in [0.25, 0.3) is 5.56 Å². The van der Waals surface area contributed by atoms with Crippen LogP contribution in [0.5, 0.6) is 0 Å². The Morgan fingerprint density at radius 2 is 2.09 bits per heavy atom. The van der Waals surface area contributed by atoms with E-state index in [9.17, 15) is 9.59 Å². The van der Waals surface area contributed by atoms with Crippen LogP contribution in [0.25, 0.3) is 0 Å². The highest BCUT2D eigenvalue weighted by Gasteiger charge is 2.22. The number of carbonyl (C=O) groups is 1. The standard InChI is InChI=1S/C16H27N3O2S/c1-6-9-13(15(21)17-11(4)7-2)22-16-18-12(8-3)10-14(20)19(16)5/h10-11,13H,6-9H2,1-5H3,(H,17,21). The summed E-state index contributed by atoms with van der Waals surface area (Å²) in [5.74, 6) is 0.0253. The summed E-state index contributed by atoms with van der Waals surface area (Å²) in [5, 5.41) is 3.42. The SMILES string of the molecule is CCCC(Sc1nc(CC)cc(=O)n1C)C(=O)NC(C)CC. The van der Waals surface area contributed by atoms with Gasteiger partial charge in [0.05, 0.1) is 5.25 Å². The molecular weight excluding hydrogens is 298 g/mol. The lowest BCUT2D eigenvalue weighted by Crippen LogP contribution is -2.38. The van der Waals surface area contributed by atoms with Gasteiger partial charge < -0.3 is 5.32 Å². The third-order valence-corrected chi connectivity index (χ3v) is 4.91. The molecule has 0 aliphatic heterocycles. The Bertz CT molecular complexity index is 557. The number of aryl methyl sites for hydroxylation is 1. The van der Waals surface area contributed by atoms with Gasteiger partial charge in [-0.1, -0.05) is 39.0 Å². The molecule has 0 bridgehead atoms. The largest absolute Gasteiger partial charge is 0.353 e. The monoisotopic (exact) mass is 325 g/mol. The normalized spacial score (nSPS) is 13.7. The van der Waals surface area contributed by atoms with Crippen molar-refractivity contribution >= 4 is 17.7 Å². The molecule has 0 saturated carbocycles. The molecule has 6 heteroatoms. The number of nitrogens with zero attached hydrogens (tertiary/aromatic N) is 2. The minimum atomic E-state index is -0.218. The van der Waals surface area contributed by atoms with Gasteiger partial charge in [-0.05, 0) is 26.2 Å². The lowest BCUT2D eigenvalue weighted by molar-refractivity contribution is -0.121. The molecule has 1 aromatic rings. The van der Waals surface area contributed by atoms with Crippen molar-refractivity contribution < 1.29 is 4.79 Å². The van der Waals surface area contributed by atoms with E-state index in [-0.39, 0.29) is 22.8 Å². The Morgan fingerprint density at radius 3 is 2.64 bits per heavy atom.